The zero-order chi connectivity index (χ0) is 23.4. The maximum Gasteiger partial charge on any atom is 0.258 e. The fraction of sp³-hybridized carbons (Fsp3) is 0.400. The smallest absolute Gasteiger partial charge is 0.258 e. The average molecular weight is 452 g/mol. The molecule has 1 aliphatic heterocycles. The molecule has 1 aliphatic rings. The van der Waals surface area contributed by atoms with E-state index in [0.29, 0.717) is 59.2 Å². The molecule has 1 saturated heterocycles. The lowest BCUT2D eigenvalue weighted by molar-refractivity contribution is 0.0508. The summed E-state index contributed by atoms with van der Waals surface area (Å²) >= 11 is 0. The minimum Gasteiger partial charge on any atom is -0.493 e. The van der Waals surface area contributed by atoms with E-state index in [4.69, 9.17) is 18.7 Å². The number of ether oxygens (including phenoxy) is 3. The van der Waals surface area contributed by atoms with E-state index in [1.807, 2.05) is 36.9 Å². The molecule has 3 heterocycles. The minimum atomic E-state index is -0.113. The van der Waals surface area contributed by atoms with Crippen molar-refractivity contribution in [2.75, 3.05) is 26.9 Å². The van der Waals surface area contributed by atoms with Gasteiger partial charge in [0.1, 0.15) is 6.61 Å². The van der Waals surface area contributed by atoms with E-state index in [1.165, 1.54) is 0 Å². The van der Waals surface area contributed by atoms with Crippen LogP contribution in [0.15, 0.2) is 41.4 Å². The van der Waals surface area contributed by atoms with Gasteiger partial charge in [-0.2, -0.15) is 0 Å². The Balaban J connectivity index is 1.67. The summed E-state index contributed by atoms with van der Waals surface area (Å²) in [6.45, 7) is 9.32. The summed E-state index contributed by atoms with van der Waals surface area (Å²) in [5.74, 6) is 1.12. The lowest BCUT2D eigenvalue weighted by atomic mass is 10.1. The molecule has 2 aromatic heterocycles. The van der Waals surface area contributed by atoms with Crippen molar-refractivity contribution in [1.82, 2.24) is 15.0 Å². The van der Waals surface area contributed by atoms with Crippen LogP contribution < -0.4 is 9.47 Å². The summed E-state index contributed by atoms with van der Waals surface area (Å²) in [6.07, 6.45) is 3.62. The number of benzene rings is 1. The van der Waals surface area contributed by atoms with Crippen molar-refractivity contribution in [3.8, 4) is 11.5 Å². The Labute approximate surface area is 193 Å². The molecule has 0 aliphatic carbocycles. The van der Waals surface area contributed by atoms with Gasteiger partial charge in [-0.3, -0.25) is 4.79 Å². The highest BCUT2D eigenvalue weighted by Crippen LogP contribution is 2.30. The first-order chi connectivity index (χ1) is 16.0. The molecule has 3 aromatic rings. The van der Waals surface area contributed by atoms with E-state index in [0.717, 1.165) is 25.0 Å². The third-order valence-electron chi connectivity index (χ3n) is 5.67. The van der Waals surface area contributed by atoms with E-state index < -0.39 is 0 Å². The van der Waals surface area contributed by atoms with Crippen molar-refractivity contribution < 1.29 is 23.5 Å². The fourth-order valence-electron chi connectivity index (χ4n) is 4.11. The molecule has 1 atom stereocenters. The number of pyridine rings is 1. The normalized spacial score (nSPS) is 15.5. The van der Waals surface area contributed by atoms with E-state index in [1.54, 1.807) is 19.3 Å². The predicted molar refractivity (Wildman–Crippen MR) is 124 cm³/mol. The largest absolute Gasteiger partial charge is 0.493 e. The molecule has 1 amide bonds. The van der Waals surface area contributed by atoms with Gasteiger partial charge < -0.3 is 23.6 Å². The Morgan fingerprint density at radius 1 is 1.30 bits per heavy atom. The van der Waals surface area contributed by atoms with Crippen molar-refractivity contribution in [2.24, 2.45) is 0 Å². The first-order valence-corrected chi connectivity index (χ1v) is 11.0. The topological polar surface area (TPSA) is 86.9 Å². The zero-order valence-electron chi connectivity index (χ0n) is 19.3. The van der Waals surface area contributed by atoms with Crippen LogP contribution in [0.25, 0.3) is 11.1 Å². The Morgan fingerprint density at radius 3 is 2.88 bits per heavy atom. The molecular weight excluding hydrogens is 422 g/mol. The molecule has 1 unspecified atom stereocenters. The lowest BCUT2D eigenvalue weighted by Crippen LogP contribution is -2.37. The molecule has 0 spiro atoms. The standard InChI is InChI=1S/C25H29N3O5/c1-5-10-32-21-9-8-18(13-22(21)30-4)14-28(15-19-7-6-11-31-19)25(29)20-12-16(2)26-24-23(20)17(3)27-33-24/h5,8-9,12-13,19H,1,6-7,10-11,14-15H2,2-4H3. The molecule has 174 valence electrons. The van der Waals surface area contributed by atoms with Gasteiger partial charge in [0.2, 0.25) is 0 Å². The predicted octanol–water partition coefficient (Wildman–Crippen LogP) is 4.23. The number of methoxy groups -OCH3 is 1. The van der Waals surface area contributed by atoms with Crippen molar-refractivity contribution in [2.45, 2.75) is 39.3 Å². The number of aryl methyl sites for hydroxylation is 2. The van der Waals surface area contributed by atoms with Gasteiger partial charge in [0.25, 0.3) is 11.6 Å². The molecule has 0 bridgehead atoms. The molecule has 1 fully saturated rings. The third-order valence-corrected chi connectivity index (χ3v) is 5.67. The SMILES string of the molecule is C=CCOc1ccc(CN(CC2CCCO2)C(=O)c2cc(C)nc3onc(C)c23)cc1OC. The second-order valence-corrected chi connectivity index (χ2v) is 8.16. The number of nitrogens with zero attached hydrogens (tertiary/aromatic N) is 3. The first kappa shape index (κ1) is 22.8. The molecule has 8 heteroatoms. The summed E-state index contributed by atoms with van der Waals surface area (Å²) in [6, 6.07) is 7.48. The van der Waals surface area contributed by atoms with Gasteiger partial charge in [-0.05, 0) is 50.5 Å². The van der Waals surface area contributed by atoms with Gasteiger partial charge in [0.05, 0.1) is 29.9 Å². The third kappa shape index (κ3) is 5.01. The van der Waals surface area contributed by atoms with Crippen molar-refractivity contribution in [1.29, 1.82) is 0 Å². The van der Waals surface area contributed by atoms with Gasteiger partial charge in [-0.1, -0.05) is 23.9 Å². The quantitative estimate of drug-likeness (QED) is 0.450. The summed E-state index contributed by atoms with van der Waals surface area (Å²) < 4.78 is 22.3. The number of rotatable bonds is 9. The van der Waals surface area contributed by atoms with Crippen LogP contribution in [0.2, 0.25) is 0 Å². The number of amides is 1. The van der Waals surface area contributed by atoms with Gasteiger partial charge in [0.15, 0.2) is 11.5 Å². The monoisotopic (exact) mass is 451 g/mol. The van der Waals surface area contributed by atoms with Gasteiger partial charge >= 0.3 is 0 Å². The second kappa shape index (κ2) is 10.0. The van der Waals surface area contributed by atoms with Crippen LogP contribution in [0.4, 0.5) is 0 Å². The number of fused-ring (bicyclic) bond motifs is 1. The van der Waals surface area contributed by atoms with Crippen LogP contribution >= 0.6 is 0 Å². The van der Waals surface area contributed by atoms with Crippen LogP contribution in [0.1, 0.15) is 40.2 Å². The van der Waals surface area contributed by atoms with Gasteiger partial charge in [-0.15, -0.1) is 0 Å². The molecular formula is C25H29N3O5. The first-order valence-electron chi connectivity index (χ1n) is 11.0. The molecule has 8 nitrogen and oxygen atoms in total. The fourth-order valence-corrected chi connectivity index (χ4v) is 4.11. The summed E-state index contributed by atoms with van der Waals surface area (Å²) in [5, 5.41) is 4.66. The molecule has 4 rings (SSSR count). The minimum absolute atomic E-state index is 0.00744. The van der Waals surface area contributed by atoms with E-state index in [2.05, 4.69) is 16.7 Å². The van der Waals surface area contributed by atoms with Crippen LogP contribution in [-0.4, -0.2) is 53.9 Å². The number of hydrogen-bond donors (Lipinski definition) is 0. The lowest BCUT2D eigenvalue weighted by Gasteiger charge is -2.26. The summed E-state index contributed by atoms with van der Waals surface area (Å²) in [5.41, 5.74) is 3.17. The van der Waals surface area contributed by atoms with Crippen molar-refractivity contribution in [3.63, 3.8) is 0 Å². The van der Waals surface area contributed by atoms with Crippen molar-refractivity contribution >= 4 is 17.0 Å². The highest BCUT2D eigenvalue weighted by molar-refractivity contribution is 6.06. The molecule has 0 N–H and O–H groups in total. The molecule has 1 aromatic carbocycles. The molecule has 33 heavy (non-hydrogen) atoms. The number of aromatic nitrogens is 2. The number of carbonyl (C=O) groups excluding carboxylic acids is 1. The highest BCUT2D eigenvalue weighted by atomic mass is 16.5. The second-order valence-electron chi connectivity index (χ2n) is 8.16. The Morgan fingerprint density at radius 2 is 2.15 bits per heavy atom. The van der Waals surface area contributed by atoms with Crippen LogP contribution in [-0.2, 0) is 11.3 Å². The number of hydrogen-bond acceptors (Lipinski definition) is 7. The van der Waals surface area contributed by atoms with E-state index in [-0.39, 0.29) is 12.0 Å². The van der Waals surface area contributed by atoms with Gasteiger partial charge in [-0.25, -0.2) is 4.98 Å². The van der Waals surface area contributed by atoms with Crippen LogP contribution in [0.5, 0.6) is 11.5 Å². The Hall–Kier alpha value is -3.39. The van der Waals surface area contributed by atoms with E-state index in [9.17, 15) is 4.79 Å². The van der Waals surface area contributed by atoms with Crippen LogP contribution in [0.3, 0.4) is 0 Å². The summed E-state index contributed by atoms with van der Waals surface area (Å²) in [7, 11) is 1.60. The van der Waals surface area contributed by atoms with Gasteiger partial charge in [0, 0.05) is 25.4 Å². The maximum absolute atomic E-state index is 13.8. The van der Waals surface area contributed by atoms with E-state index >= 15 is 0 Å². The van der Waals surface area contributed by atoms with Crippen molar-refractivity contribution in [3.05, 3.63) is 59.4 Å². The molecule has 0 radical (unpaired) electrons. The van der Waals surface area contributed by atoms with Crippen LogP contribution in [0, 0.1) is 13.8 Å². The Bertz CT molecular complexity index is 1150. The zero-order valence-corrected chi connectivity index (χ0v) is 19.3. The maximum atomic E-state index is 13.8. The average Bonchev–Trinajstić information content (AvgIpc) is 3.46. The Kier molecular flexibility index (Phi) is 6.93. The summed E-state index contributed by atoms with van der Waals surface area (Å²) in [4.78, 5) is 20.0. The number of carbonyl (C=O) groups is 1. The molecule has 0 saturated carbocycles. The highest BCUT2D eigenvalue weighted by Gasteiger charge is 2.27.